The summed E-state index contributed by atoms with van der Waals surface area (Å²) in [5.74, 6) is 0.318. The van der Waals surface area contributed by atoms with Crippen molar-refractivity contribution in [3.05, 3.63) is 59.4 Å². The Kier molecular flexibility index (Phi) is 7.83. The van der Waals surface area contributed by atoms with Crippen LogP contribution >= 0.6 is 11.6 Å². The molecule has 176 valence electrons. The molecule has 1 heterocycles. The molecule has 2 aliphatic rings. The molecule has 2 aromatic rings. The van der Waals surface area contributed by atoms with Gasteiger partial charge >= 0.3 is 0 Å². The Morgan fingerprint density at radius 1 is 1.06 bits per heavy atom. The number of rotatable bonds is 7. The second-order valence-electron chi connectivity index (χ2n) is 8.65. The van der Waals surface area contributed by atoms with Crippen LogP contribution in [-0.4, -0.2) is 60.4 Å². The van der Waals surface area contributed by atoms with Gasteiger partial charge in [-0.1, -0.05) is 30.5 Å². The molecule has 0 spiro atoms. The number of anilines is 1. The first-order valence-electron chi connectivity index (χ1n) is 11.5. The number of nitrogens with zero attached hydrogens (tertiary/aromatic N) is 2. The minimum Gasteiger partial charge on any atom is -0.484 e. The molecule has 1 N–H and O–H groups in total. The van der Waals surface area contributed by atoms with Crippen LogP contribution in [0.5, 0.6) is 5.75 Å². The molecule has 1 aliphatic carbocycles. The second kappa shape index (κ2) is 11.0. The third-order valence-corrected chi connectivity index (χ3v) is 6.70. The first-order valence-corrected chi connectivity index (χ1v) is 11.8. The van der Waals surface area contributed by atoms with Gasteiger partial charge in [0.2, 0.25) is 5.91 Å². The number of carbonyl (C=O) groups is 2. The van der Waals surface area contributed by atoms with Gasteiger partial charge in [0.15, 0.2) is 6.61 Å². The summed E-state index contributed by atoms with van der Waals surface area (Å²) in [5.41, 5.74) is 0.469. The fourth-order valence-corrected chi connectivity index (χ4v) is 4.88. The maximum Gasteiger partial charge on any atom is 0.260 e. The normalized spacial score (nSPS) is 18.2. The summed E-state index contributed by atoms with van der Waals surface area (Å²) in [6.45, 7) is 2.28. The lowest BCUT2D eigenvalue weighted by Crippen LogP contribution is -2.57. The van der Waals surface area contributed by atoms with Crippen LogP contribution in [0, 0.1) is 11.7 Å². The van der Waals surface area contributed by atoms with E-state index >= 15 is 0 Å². The number of nitrogens with one attached hydrogen (secondary N) is 1. The van der Waals surface area contributed by atoms with E-state index in [2.05, 4.69) is 10.2 Å². The Bertz CT molecular complexity index is 958. The van der Waals surface area contributed by atoms with Crippen LogP contribution in [0.2, 0.25) is 5.02 Å². The van der Waals surface area contributed by atoms with E-state index in [1.165, 1.54) is 12.1 Å². The first kappa shape index (κ1) is 23.5. The van der Waals surface area contributed by atoms with Crippen molar-refractivity contribution >= 4 is 29.1 Å². The number of hydrogen-bond donors (Lipinski definition) is 1. The van der Waals surface area contributed by atoms with Crippen molar-refractivity contribution in [3.8, 4) is 5.75 Å². The van der Waals surface area contributed by atoms with Crippen LogP contribution in [-0.2, 0) is 9.59 Å². The van der Waals surface area contributed by atoms with Crippen LogP contribution in [0.3, 0.4) is 0 Å². The fraction of sp³-hybridized carbons (Fsp3) is 0.440. The number of ether oxygens (including phenoxy) is 1. The summed E-state index contributed by atoms with van der Waals surface area (Å²) in [4.78, 5) is 29.8. The molecule has 1 atom stereocenters. The Balaban J connectivity index is 1.34. The zero-order valence-electron chi connectivity index (χ0n) is 18.5. The smallest absolute Gasteiger partial charge is 0.260 e. The number of piperazine rings is 1. The van der Waals surface area contributed by atoms with E-state index in [4.69, 9.17) is 16.3 Å². The SMILES string of the molecule is O=C(Nc1cccc(F)c1)C(C1CCCC1)N1CCN(C(=O)COc2ccc(Cl)cc2)CC1. The van der Waals surface area contributed by atoms with Crippen LogP contribution in [0.15, 0.2) is 48.5 Å². The molecule has 0 bridgehead atoms. The average molecular weight is 474 g/mol. The largest absolute Gasteiger partial charge is 0.484 e. The molecule has 0 radical (unpaired) electrons. The van der Waals surface area contributed by atoms with E-state index in [0.717, 1.165) is 25.7 Å². The van der Waals surface area contributed by atoms with E-state index in [1.54, 1.807) is 41.3 Å². The van der Waals surface area contributed by atoms with Crippen molar-refractivity contribution in [1.29, 1.82) is 0 Å². The summed E-state index contributed by atoms with van der Waals surface area (Å²) >= 11 is 5.88. The molecule has 1 saturated carbocycles. The van der Waals surface area contributed by atoms with Gasteiger partial charge in [0, 0.05) is 36.9 Å². The van der Waals surface area contributed by atoms with Crippen LogP contribution in [0.1, 0.15) is 25.7 Å². The summed E-state index contributed by atoms with van der Waals surface area (Å²) in [6, 6.07) is 12.6. The second-order valence-corrected chi connectivity index (χ2v) is 9.08. The minimum atomic E-state index is -0.377. The Morgan fingerprint density at radius 3 is 2.42 bits per heavy atom. The molecule has 1 aliphatic heterocycles. The van der Waals surface area contributed by atoms with Gasteiger partial charge in [0.1, 0.15) is 11.6 Å². The maximum absolute atomic E-state index is 13.6. The Labute approximate surface area is 198 Å². The van der Waals surface area contributed by atoms with Gasteiger partial charge in [-0.2, -0.15) is 0 Å². The lowest BCUT2D eigenvalue weighted by molar-refractivity contribution is -0.136. The summed E-state index contributed by atoms with van der Waals surface area (Å²) < 4.78 is 19.2. The molecule has 2 fully saturated rings. The zero-order valence-corrected chi connectivity index (χ0v) is 19.3. The number of halogens is 2. The molecule has 4 rings (SSSR count). The predicted molar refractivity (Wildman–Crippen MR) is 126 cm³/mol. The molecule has 1 saturated heterocycles. The molecule has 8 heteroatoms. The summed E-state index contributed by atoms with van der Waals surface area (Å²) in [5, 5.41) is 3.52. The Morgan fingerprint density at radius 2 is 1.76 bits per heavy atom. The van der Waals surface area contributed by atoms with Gasteiger partial charge < -0.3 is 15.0 Å². The number of hydrogen-bond acceptors (Lipinski definition) is 4. The third kappa shape index (κ3) is 6.24. The molecule has 1 unspecified atom stereocenters. The fourth-order valence-electron chi connectivity index (χ4n) is 4.75. The van der Waals surface area contributed by atoms with Gasteiger partial charge in [-0.05, 0) is 61.2 Å². The van der Waals surface area contributed by atoms with E-state index in [1.807, 2.05) is 0 Å². The van der Waals surface area contributed by atoms with Crippen LogP contribution in [0.4, 0.5) is 10.1 Å². The molecule has 6 nitrogen and oxygen atoms in total. The van der Waals surface area contributed by atoms with Gasteiger partial charge in [0.05, 0.1) is 6.04 Å². The molecular formula is C25H29ClFN3O3. The monoisotopic (exact) mass is 473 g/mol. The number of benzene rings is 2. The Hall–Kier alpha value is -2.64. The molecular weight excluding hydrogens is 445 g/mol. The van der Waals surface area contributed by atoms with Crippen molar-refractivity contribution in [2.24, 2.45) is 5.92 Å². The van der Waals surface area contributed by atoms with Crippen molar-refractivity contribution in [2.45, 2.75) is 31.7 Å². The molecule has 2 amide bonds. The highest BCUT2D eigenvalue weighted by atomic mass is 35.5. The lowest BCUT2D eigenvalue weighted by atomic mass is 9.95. The summed E-state index contributed by atoms with van der Waals surface area (Å²) in [6.07, 6.45) is 4.26. The standard InChI is InChI=1S/C25H29ClFN3O3/c26-19-8-10-22(11-9-19)33-17-23(31)29-12-14-30(15-13-29)24(18-4-1-2-5-18)25(32)28-21-7-3-6-20(27)16-21/h3,6-11,16,18,24H,1-2,4-5,12-15,17H2,(H,28,32). The van der Waals surface area contributed by atoms with Crippen molar-refractivity contribution in [2.75, 3.05) is 38.1 Å². The van der Waals surface area contributed by atoms with E-state index in [-0.39, 0.29) is 36.2 Å². The zero-order chi connectivity index (χ0) is 23.2. The number of amides is 2. The minimum absolute atomic E-state index is 0.0340. The predicted octanol–water partition coefficient (Wildman–Crippen LogP) is 4.20. The quantitative estimate of drug-likeness (QED) is 0.654. The van der Waals surface area contributed by atoms with E-state index < -0.39 is 0 Å². The van der Waals surface area contributed by atoms with Crippen LogP contribution < -0.4 is 10.1 Å². The molecule has 0 aromatic heterocycles. The summed E-state index contributed by atoms with van der Waals surface area (Å²) in [7, 11) is 0. The topological polar surface area (TPSA) is 61.9 Å². The lowest BCUT2D eigenvalue weighted by Gasteiger charge is -2.40. The van der Waals surface area contributed by atoms with Gasteiger partial charge in [-0.25, -0.2) is 4.39 Å². The number of carbonyl (C=O) groups excluding carboxylic acids is 2. The third-order valence-electron chi connectivity index (χ3n) is 6.44. The van der Waals surface area contributed by atoms with Crippen molar-refractivity contribution in [3.63, 3.8) is 0 Å². The van der Waals surface area contributed by atoms with Gasteiger partial charge in [-0.15, -0.1) is 0 Å². The van der Waals surface area contributed by atoms with E-state index in [0.29, 0.717) is 42.6 Å². The van der Waals surface area contributed by atoms with Gasteiger partial charge in [0.25, 0.3) is 5.91 Å². The van der Waals surface area contributed by atoms with Gasteiger partial charge in [-0.3, -0.25) is 14.5 Å². The average Bonchev–Trinajstić information content (AvgIpc) is 3.33. The highest BCUT2D eigenvalue weighted by Crippen LogP contribution is 2.31. The maximum atomic E-state index is 13.6. The van der Waals surface area contributed by atoms with Crippen LogP contribution in [0.25, 0.3) is 0 Å². The van der Waals surface area contributed by atoms with Crippen molar-refractivity contribution < 1.29 is 18.7 Å². The molecule has 2 aromatic carbocycles. The first-order chi connectivity index (χ1) is 16.0. The molecule has 33 heavy (non-hydrogen) atoms. The van der Waals surface area contributed by atoms with E-state index in [9.17, 15) is 14.0 Å². The highest BCUT2D eigenvalue weighted by molar-refractivity contribution is 6.30. The highest BCUT2D eigenvalue weighted by Gasteiger charge is 2.37. The van der Waals surface area contributed by atoms with Crippen molar-refractivity contribution in [1.82, 2.24) is 9.80 Å².